The average molecular weight is 347 g/mol. The van der Waals surface area contributed by atoms with Crippen LogP contribution < -0.4 is 0 Å². The summed E-state index contributed by atoms with van der Waals surface area (Å²) < 4.78 is 1.60. The predicted octanol–water partition coefficient (Wildman–Crippen LogP) is 2.96. The number of terminal acetylenes is 1. The Balaban J connectivity index is 1.84. The molecule has 2 aromatic carbocycles. The second-order valence-corrected chi connectivity index (χ2v) is 5.73. The second kappa shape index (κ2) is 7.53. The molecule has 0 unspecified atom stereocenters. The van der Waals surface area contributed by atoms with Crippen molar-refractivity contribution in [2.24, 2.45) is 0 Å². The van der Waals surface area contributed by atoms with Gasteiger partial charge in [0.05, 0.1) is 12.1 Å². The minimum Gasteiger partial charge on any atom is -0.478 e. The van der Waals surface area contributed by atoms with Gasteiger partial charge in [-0.05, 0) is 22.8 Å². The summed E-state index contributed by atoms with van der Waals surface area (Å²) in [6.45, 7) is 0.490. The summed E-state index contributed by atoms with van der Waals surface area (Å²) in [7, 11) is 0. The predicted molar refractivity (Wildman–Crippen MR) is 96.8 cm³/mol. The molecule has 0 saturated heterocycles. The molecular formula is C20H17N3O3. The Bertz CT molecular complexity index is 969. The van der Waals surface area contributed by atoms with Crippen LogP contribution in [0.2, 0.25) is 0 Å². The molecule has 0 amide bonds. The summed E-state index contributed by atoms with van der Waals surface area (Å²) in [6, 6.07) is 14.2. The fourth-order valence-electron chi connectivity index (χ4n) is 2.75. The molecule has 6 nitrogen and oxygen atoms in total. The van der Waals surface area contributed by atoms with Crippen LogP contribution in [-0.2, 0) is 13.0 Å². The number of nitrogens with zero attached hydrogens (tertiary/aromatic N) is 3. The van der Waals surface area contributed by atoms with Crippen LogP contribution in [0.4, 0.5) is 0 Å². The van der Waals surface area contributed by atoms with E-state index in [1.54, 1.807) is 22.9 Å². The van der Waals surface area contributed by atoms with Crippen molar-refractivity contribution in [3.63, 3.8) is 0 Å². The number of carbonyl (C=O) groups is 1. The van der Waals surface area contributed by atoms with E-state index in [-0.39, 0.29) is 11.6 Å². The van der Waals surface area contributed by atoms with Gasteiger partial charge in [-0.2, -0.15) is 4.98 Å². The minimum atomic E-state index is -0.957. The van der Waals surface area contributed by atoms with E-state index in [1.807, 2.05) is 30.3 Å². The minimum absolute atomic E-state index is 0.263. The Kier molecular flexibility index (Phi) is 4.99. The lowest BCUT2D eigenvalue weighted by molar-refractivity contribution is 0.0697. The van der Waals surface area contributed by atoms with Crippen molar-refractivity contribution in [1.29, 1.82) is 0 Å². The van der Waals surface area contributed by atoms with Gasteiger partial charge in [0.2, 0.25) is 0 Å². The van der Waals surface area contributed by atoms with Gasteiger partial charge in [0, 0.05) is 12.8 Å². The first-order valence-electron chi connectivity index (χ1n) is 8.06. The number of carboxylic acids is 1. The zero-order valence-electron chi connectivity index (χ0n) is 14.0. The summed E-state index contributed by atoms with van der Waals surface area (Å²) in [5.74, 6) is 2.20. The molecular weight excluding hydrogens is 330 g/mol. The van der Waals surface area contributed by atoms with Crippen molar-refractivity contribution in [2.75, 3.05) is 0 Å². The Morgan fingerprint density at radius 3 is 2.58 bits per heavy atom. The number of rotatable bonds is 6. The van der Waals surface area contributed by atoms with Crippen LogP contribution in [0.15, 0.2) is 48.5 Å². The smallest absolute Gasteiger partial charge is 0.336 e. The number of benzene rings is 2. The third-order valence-electron chi connectivity index (χ3n) is 3.99. The van der Waals surface area contributed by atoms with Crippen LogP contribution >= 0.6 is 0 Å². The molecule has 6 heteroatoms. The van der Waals surface area contributed by atoms with Crippen molar-refractivity contribution in [1.82, 2.24) is 14.8 Å². The van der Waals surface area contributed by atoms with Crippen LogP contribution in [0.25, 0.3) is 11.1 Å². The van der Waals surface area contributed by atoms with Gasteiger partial charge in [-0.3, -0.25) is 0 Å². The van der Waals surface area contributed by atoms with Crippen LogP contribution in [-0.4, -0.2) is 30.9 Å². The highest BCUT2D eigenvalue weighted by molar-refractivity contribution is 5.95. The normalized spacial score (nSPS) is 10.4. The van der Waals surface area contributed by atoms with E-state index in [9.17, 15) is 15.0 Å². The molecule has 0 aliphatic heterocycles. The molecule has 1 heterocycles. The third kappa shape index (κ3) is 3.73. The summed E-state index contributed by atoms with van der Waals surface area (Å²) in [5.41, 5.74) is 2.72. The van der Waals surface area contributed by atoms with E-state index in [0.717, 1.165) is 11.1 Å². The number of hydrogen-bond acceptors (Lipinski definition) is 4. The third-order valence-corrected chi connectivity index (χ3v) is 3.99. The number of aryl methyl sites for hydroxylation is 1. The zero-order chi connectivity index (χ0) is 18.5. The van der Waals surface area contributed by atoms with Gasteiger partial charge in [-0.1, -0.05) is 42.5 Å². The first kappa shape index (κ1) is 17.2. The van der Waals surface area contributed by atoms with Crippen molar-refractivity contribution in [3.8, 4) is 29.5 Å². The molecule has 0 fully saturated rings. The number of aromatic hydroxyl groups is 1. The maximum Gasteiger partial charge on any atom is 0.336 e. The van der Waals surface area contributed by atoms with Crippen molar-refractivity contribution >= 4 is 5.97 Å². The number of aromatic carboxylic acids is 1. The quantitative estimate of drug-likeness (QED) is 0.669. The van der Waals surface area contributed by atoms with Crippen LogP contribution in [0.5, 0.6) is 6.01 Å². The largest absolute Gasteiger partial charge is 0.478 e. The highest BCUT2D eigenvalue weighted by atomic mass is 16.4. The molecule has 0 aliphatic rings. The molecule has 1 aromatic heterocycles. The molecule has 0 spiro atoms. The zero-order valence-corrected chi connectivity index (χ0v) is 14.0. The SMILES string of the molecule is C#CCCn1nc(O)nc1Cc1ccc(-c2ccccc2C(=O)O)cc1. The maximum atomic E-state index is 11.4. The molecule has 2 N–H and O–H groups in total. The fourth-order valence-corrected chi connectivity index (χ4v) is 2.75. The van der Waals surface area contributed by atoms with Gasteiger partial charge in [0.1, 0.15) is 5.82 Å². The van der Waals surface area contributed by atoms with Gasteiger partial charge in [0.25, 0.3) is 0 Å². The summed E-state index contributed by atoms with van der Waals surface area (Å²) >= 11 is 0. The van der Waals surface area contributed by atoms with Gasteiger partial charge in [-0.15, -0.1) is 17.4 Å². The molecule has 130 valence electrons. The molecule has 0 saturated carbocycles. The highest BCUT2D eigenvalue weighted by Crippen LogP contribution is 2.24. The molecule has 0 radical (unpaired) electrons. The lowest BCUT2D eigenvalue weighted by Gasteiger charge is -2.08. The van der Waals surface area contributed by atoms with Crippen molar-refractivity contribution < 1.29 is 15.0 Å². The number of aromatic nitrogens is 3. The first-order valence-corrected chi connectivity index (χ1v) is 8.06. The summed E-state index contributed by atoms with van der Waals surface area (Å²) in [6.07, 6.45) is 6.26. The van der Waals surface area contributed by atoms with Gasteiger partial charge in [-0.25, -0.2) is 9.48 Å². The lowest BCUT2D eigenvalue weighted by Crippen LogP contribution is -2.06. The Labute approximate surface area is 150 Å². The molecule has 0 atom stereocenters. The van der Waals surface area contributed by atoms with Crippen LogP contribution in [0.3, 0.4) is 0 Å². The van der Waals surface area contributed by atoms with Gasteiger partial charge in [0.15, 0.2) is 0 Å². The van der Waals surface area contributed by atoms with E-state index in [2.05, 4.69) is 16.0 Å². The lowest BCUT2D eigenvalue weighted by atomic mass is 9.98. The maximum absolute atomic E-state index is 11.4. The van der Waals surface area contributed by atoms with E-state index >= 15 is 0 Å². The van der Waals surface area contributed by atoms with Gasteiger partial charge < -0.3 is 10.2 Å². The Morgan fingerprint density at radius 2 is 1.88 bits per heavy atom. The van der Waals surface area contributed by atoms with E-state index in [0.29, 0.717) is 30.8 Å². The topological polar surface area (TPSA) is 88.2 Å². The van der Waals surface area contributed by atoms with Crippen LogP contribution in [0.1, 0.15) is 28.2 Å². The monoisotopic (exact) mass is 347 g/mol. The van der Waals surface area contributed by atoms with Gasteiger partial charge >= 0.3 is 12.0 Å². The first-order chi connectivity index (χ1) is 12.6. The highest BCUT2D eigenvalue weighted by Gasteiger charge is 2.12. The van der Waals surface area contributed by atoms with E-state index in [1.165, 1.54) is 0 Å². The number of carboxylic acid groups (broad SMARTS) is 1. The van der Waals surface area contributed by atoms with Crippen molar-refractivity contribution in [3.05, 3.63) is 65.5 Å². The molecule has 3 aromatic rings. The van der Waals surface area contributed by atoms with E-state index in [4.69, 9.17) is 6.42 Å². The second-order valence-electron chi connectivity index (χ2n) is 5.73. The molecule has 3 rings (SSSR count). The van der Waals surface area contributed by atoms with Crippen LogP contribution in [0, 0.1) is 12.3 Å². The molecule has 0 aliphatic carbocycles. The summed E-state index contributed by atoms with van der Waals surface area (Å²) in [5, 5.41) is 22.8. The fraction of sp³-hybridized carbons (Fsp3) is 0.150. The Morgan fingerprint density at radius 1 is 1.15 bits per heavy atom. The number of hydrogen-bond donors (Lipinski definition) is 2. The standard InChI is InChI=1S/C20H17N3O3/c1-2-3-12-23-18(21-20(26)22-23)13-14-8-10-15(11-9-14)16-6-4-5-7-17(16)19(24)25/h1,4-11H,3,12-13H2,(H,22,26)(H,24,25). The molecule has 26 heavy (non-hydrogen) atoms. The average Bonchev–Trinajstić information content (AvgIpc) is 2.99. The summed E-state index contributed by atoms with van der Waals surface area (Å²) in [4.78, 5) is 15.4. The van der Waals surface area contributed by atoms with E-state index < -0.39 is 5.97 Å². The molecule has 0 bridgehead atoms. The van der Waals surface area contributed by atoms with Crippen molar-refractivity contribution in [2.45, 2.75) is 19.4 Å². The Hall–Kier alpha value is -3.59.